The lowest BCUT2D eigenvalue weighted by atomic mass is 9.63. The van der Waals surface area contributed by atoms with Crippen molar-refractivity contribution >= 4 is 23.3 Å². The molecule has 0 spiro atoms. The van der Waals surface area contributed by atoms with Gasteiger partial charge in [0.2, 0.25) is 5.91 Å². The first-order chi connectivity index (χ1) is 11.7. The Balaban J connectivity index is 1.56. The molecule has 1 aromatic carbocycles. The molecule has 6 nitrogen and oxygen atoms in total. The molecule has 0 atom stereocenters. The Hall–Kier alpha value is -2.76. The number of anilines is 2. The number of nitrogens with zero attached hydrogens (tertiary/aromatic N) is 2. The van der Waals surface area contributed by atoms with Crippen molar-refractivity contribution < 1.29 is 9.59 Å². The second kappa shape index (κ2) is 4.63. The summed E-state index contributed by atoms with van der Waals surface area (Å²) in [6.07, 6.45) is 3.30. The number of carbonyl (C=O) groups is 2. The Morgan fingerprint density at radius 2 is 1.88 bits per heavy atom. The molecule has 2 bridgehead atoms. The highest BCUT2D eigenvalue weighted by molar-refractivity contribution is 6.09. The van der Waals surface area contributed by atoms with Crippen molar-refractivity contribution in [1.82, 2.24) is 9.88 Å². The van der Waals surface area contributed by atoms with Crippen LogP contribution in [-0.2, 0) is 9.59 Å². The van der Waals surface area contributed by atoms with Gasteiger partial charge in [-0.25, -0.2) is 0 Å². The van der Waals surface area contributed by atoms with E-state index in [4.69, 9.17) is 0 Å². The van der Waals surface area contributed by atoms with Gasteiger partial charge in [0.05, 0.1) is 5.69 Å². The molecule has 2 amide bonds. The fourth-order valence-corrected chi connectivity index (χ4v) is 4.27. The van der Waals surface area contributed by atoms with E-state index in [1.54, 1.807) is 0 Å². The van der Waals surface area contributed by atoms with E-state index in [1.807, 2.05) is 24.4 Å². The number of piperidine rings is 2. The van der Waals surface area contributed by atoms with Crippen LogP contribution >= 0.6 is 0 Å². The molecule has 6 heteroatoms. The summed E-state index contributed by atoms with van der Waals surface area (Å²) in [6.45, 7) is 1.54. The zero-order chi connectivity index (χ0) is 16.3. The lowest BCUT2D eigenvalue weighted by Crippen LogP contribution is -2.74. The van der Waals surface area contributed by atoms with Gasteiger partial charge in [-0.1, -0.05) is 18.2 Å². The van der Waals surface area contributed by atoms with Crippen molar-refractivity contribution in [3.63, 3.8) is 0 Å². The van der Waals surface area contributed by atoms with Crippen LogP contribution in [-0.4, -0.2) is 35.0 Å². The van der Waals surface area contributed by atoms with Crippen LogP contribution in [0, 0.1) is 5.92 Å². The molecule has 24 heavy (non-hydrogen) atoms. The third kappa shape index (κ3) is 1.65. The topological polar surface area (TPSA) is 66.4 Å². The van der Waals surface area contributed by atoms with Crippen LogP contribution in [0.1, 0.15) is 12.8 Å². The fourth-order valence-electron chi connectivity index (χ4n) is 4.27. The van der Waals surface area contributed by atoms with Gasteiger partial charge >= 0.3 is 0 Å². The molecule has 122 valence electrons. The average Bonchev–Trinajstić information content (AvgIpc) is 2.98. The number of imide groups is 1. The van der Waals surface area contributed by atoms with Crippen molar-refractivity contribution in [3.05, 3.63) is 42.6 Å². The number of carbonyl (C=O) groups excluding carboxylic acids is 2. The number of para-hydroxylation sites is 1. The summed E-state index contributed by atoms with van der Waals surface area (Å²) in [5.74, 6) is 0.738. The Kier molecular flexibility index (Phi) is 2.63. The van der Waals surface area contributed by atoms with Crippen molar-refractivity contribution in [3.8, 4) is 5.69 Å². The van der Waals surface area contributed by atoms with Crippen molar-refractivity contribution in [1.29, 1.82) is 0 Å². The smallest absolute Gasteiger partial charge is 0.252 e. The summed E-state index contributed by atoms with van der Waals surface area (Å²) < 4.78 is 2.11. The van der Waals surface area contributed by atoms with Gasteiger partial charge in [0.1, 0.15) is 11.4 Å². The number of hydrogen-bond donors (Lipinski definition) is 2. The van der Waals surface area contributed by atoms with E-state index in [0.29, 0.717) is 12.8 Å². The minimum Gasteiger partial charge on any atom is -0.368 e. The normalized spacial score (nSPS) is 27.8. The Labute approximate surface area is 139 Å². The summed E-state index contributed by atoms with van der Waals surface area (Å²) in [5.41, 5.74) is 1.56. The quantitative estimate of drug-likeness (QED) is 0.823. The summed E-state index contributed by atoms with van der Waals surface area (Å²) >= 11 is 0. The third-order valence-corrected chi connectivity index (χ3v) is 5.53. The van der Waals surface area contributed by atoms with Gasteiger partial charge in [-0.15, -0.1) is 0 Å². The lowest BCUT2D eigenvalue weighted by molar-refractivity contribution is -0.150. The fraction of sp³-hybridized carbons (Fsp3) is 0.333. The number of rotatable bonds is 2. The van der Waals surface area contributed by atoms with Crippen LogP contribution < -0.4 is 15.5 Å². The summed E-state index contributed by atoms with van der Waals surface area (Å²) in [4.78, 5) is 26.5. The van der Waals surface area contributed by atoms with E-state index in [-0.39, 0.29) is 17.7 Å². The average molecular weight is 322 g/mol. The van der Waals surface area contributed by atoms with Crippen molar-refractivity contribution in [2.24, 2.45) is 5.92 Å². The molecule has 2 N–H and O–H groups in total. The monoisotopic (exact) mass is 322 g/mol. The molecular formula is C18H18N4O2. The van der Waals surface area contributed by atoms with Gasteiger partial charge in [-0.3, -0.25) is 14.9 Å². The summed E-state index contributed by atoms with van der Waals surface area (Å²) in [7, 11) is 0. The molecule has 4 heterocycles. The lowest BCUT2D eigenvalue weighted by Gasteiger charge is -2.56. The molecule has 1 aromatic heterocycles. The van der Waals surface area contributed by atoms with E-state index in [1.165, 1.54) is 0 Å². The van der Waals surface area contributed by atoms with Crippen LogP contribution in [0.4, 0.5) is 11.5 Å². The molecular weight excluding hydrogens is 304 g/mol. The Bertz CT molecular complexity index is 836. The largest absolute Gasteiger partial charge is 0.368 e. The molecule has 3 fully saturated rings. The first-order valence-electron chi connectivity index (χ1n) is 8.33. The van der Waals surface area contributed by atoms with E-state index in [2.05, 4.69) is 38.3 Å². The minimum absolute atomic E-state index is 0.0164. The van der Waals surface area contributed by atoms with E-state index in [0.717, 1.165) is 30.3 Å². The first-order valence-corrected chi connectivity index (χ1v) is 8.33. The van der Waals surface area contributed by atoms with Gasteiger partial charge in [0.15, 0.2) is 0 Å². The maximum Gasteiger partial charge on any atom is 0.252 e. The molecule has 1 saturated carbocycles. The summed E-state index contributed by atoms with van der Waals surface area (Å²) in [5, 5.41) is 6.00. The molecule has 1 aliphatic carbocycles. The van der Waals surface area contributed by atoms with E-state index >= 15 is 0 Å². The highest BCUT2D eigenvalue weighted by Crippen LogP contribution is 2.50. The second-order valence-corrected chi connectivity index (χ2v) is 6.79. The third-order valence-electron chi connectivity index (χ3n) is 5.53. The SMILES string of the molecule is O=C1NC(=O)C2(N3CCNc4c3ccn4-c3ccccc3)CC1C2. The highest BCUT2D eigenvalue weighted by Gasteiger charge is 2.61. The standard InChI is InChI=1S/C18H18N4O2/c23-16-12-10-18(11-12,17(24)20-16)22-9-7-19-15-14(22)6-8-21(15)13-4-2-1-3-5-13/h1-6,8,12,19H,7,9-11H2,(H,20,23,24). The predicted octanol–water partition coefficient (Wildman–Crippen LogP) is 1.51. The highest BCUT2D eigenvalue weighted by atomic mass is 16.2. The van der Waals surface area contributed by atoms with Gasteiger partial charge in [-0.2, -0.15) is 0 Å². The Morgan fingerprint density at radius 1 is 1.08 bits per heavy atom. The van der Waals surface area contributed by atoms with Crippen molar-refractivity contribution in [2.75, 3.05) is 23.3 Å². The van der Waals surface area contributed by atoms with Crippen molar-refractivity contribution in [2.45, 2.75) is 18.4 Å². The van der Waals surface area contributed by atoms with E-state index in [9.17, 15) is 9.59 Å². The number of benzene rings is 1. The zero-order valence-electron chi connectivity index (χ0n) is 13.2. The van der Waals surface area contributed by atoms with Gasteiger partial charge < -0.3 is 14.8 Å². The predicted molar refractivity (Wildman–Crippen MR) is 90.2 cm³/mol. The molecule has 0 unspecified atom stereocenters. The van der Waals surface area contributed by atoms with Crippen LogP contribution in [0.5, 0.6) is 0 Å². The summed E-state index contributed by atoms with van der Waals surface area (Å²) in [6, 6.07) is 12.2. The molecule has 6 rings (SSSR count). The second-order valence-electron chi connectivity index (χ2n) is 6.79. The number of nitrogens with one attached hydrogen (secondary N) is 2. The number of fused-ring (bicyclic) bond motifs is 3. The first kappa shape index (κ1) is 13.7. The maximum atomic E-state index is 12.5. The van der Waals surface area contributed by atoms with Gasteiger partial charge in [0, 0.05) is 30.9 Å². The molecule has 0 radical (unpaired) electrons. The Morgan fingerprint density at radius 3 is 2.62 bits per heavy atom. The number of amides is 2. The van der Waals surface area contributed by atoms with Crippen LogP contribution in [0.25, 0.3) is 5.69 Å². The number of aromatic nitrogens is 1. The van der Waals surface area contributed by atoms with Gasteiger partial charge in [0.25, 0.3) is 5.91 Å². The van der Waals surface area contributed by atoms with Crippen LogP contribution in [0.2, 0.25) is 0 Å². The molecule has 2 saturated heterocycles. The number of hydrogen-bond acceptors (Lipinski definition) is 4. The van der Waals surface area contributed by atoms with Crippen LogP contribution in [0.15, 0.2) is 42.6 Å². The zero-order valence-corrected chi connectivity index (χ0v) is 13.2. The molecule has 4 aliphatic rings. The maximum absolute atomic E-state index is 12.5. The van der Waals surface area contributed by atoms with Crippen LogP contribution in [0.3, 0.4) is 0 Å². The van der Waals surface area contributed by atoms with E-state index < -0.39 is 5.54 Å². The molecule has 2 aromatic rings. The molecule has 3 aliphatic heterocycles. The van der Waals surface area contributed by atoms with Gasteiger partial charge in [-0.05, 0) is 31.0 Å². The minimum atomic E-state index is -0.557.